The van der Waals surface area contributed by atoms with Crippen LogP contribution in [0.5, 0.6) is 0 Å². The smallest absolute Gasteiger partial charge is 0.406 e. The first-order valence-corrected chi connectivity index (χ1v) is 2.99. The first-order valence-electron chi connectivity index (χ1n) is 2.99. The van der Waals surface area contributed by atoms with E-state index in [0.29, 0.717) is 0 Å². The van der Waals surface area contributed by atoms with Gasteiger partial charge in [-0.25, -0.2) is 9.18 Å². The van der Waals surface area contributed by atoms with E-state index in [1.807, 2.05) is 0 Å². The molecule has 0 fully saturated rings. The van der Waals surface area contributed by atoms with Gasteiger partial charge in [-0.2, -0.15) is 0 Å². The standard InChI is InChI=1S/C6H12FNO2/c1-6(2,7)4-10-5(9)8-3/h4H2,1-3H3,(H,8,9). The van der Waals surface area contributed by atoms with Gasteiger partial charge in [-0.3, -0.25) is 0 Å². The second kappa shape index (κ2) is 3.39. The fourth-order valence-electron chi connectivity index (χ4n) is 0.309. The van der Waals surface area contributed by atoms with Crippen LogP contribution in [0.2, 0.25) is 0 Å². The number of ether oxygens (including phenoxy) is 1. The molecule has 0 aromatic rings. The molecule has 3 nitrogen and oxygen atoms in total. The zero-order valence-electron chi connectivity index (χ0n) is 6.40. The van der Waals surface area contributed by atoms with Gasteiger partial charge in [0.2, 0.25) is 0 Å². The largest absolute Gasteiger partial charge is 0.446 e. The van der Waals surface area contributed by atoms with E-state index in [1.54, 1.807) is 0 Å². The Morgan fingerprint density at radius 1 is 1.70 bits per heavy atom. The third-order valence-corrected chi connectivity index (χ3v) is 0.751. The summed E-state index contributed by atoms with van der Waals surface area (Å²) in [6.07, 6.45) is -0.606. The predicted molar refractivity (Wildman–Crippen MR) is 35.6 cm³/mol. The number of alkyl halides is 1. The van der Waals surface area contributed by atoms with E-state index in [0.717, 1.165) is 0 Å². The van der Waals surface area contributed by atoms with Crippen molar-refractivity contribution >= 4 is 6.09 Å². The maximum Gasteiger partial charge on any atom is 0.406 e. The summed E-state index contributed by atoms with van der Waals surface area (Å²) in [5, 5.41) is 2.21. The molecule has 0 heterocycles. The first-order chi connectivity index (χ1) is 4.45. The average molecular weight is 149 g/mol. The van der Waals surface area contributed by atoms with Gasteiger partial charge >= 0.3 is 6.09 Å². The number of amides is 1. The van der Waals surface area contributed by atoms with Crippen LogP contribution in [0.4, 0.5) is 9.18 Å². The molecule has 0 saturated carbocycles. The van der Waals surface area contributed by atoms with Gasteiger partial charge < -0.3 is 10.1 Å². The molecule has 0 rings (SSSR count). The van der Waals surface area contributed by atoms with Crippen LogP contribution in [0.3, 0.4) is 0 Å². The molecule has 60 valence electrons. The summed E-state index contributed by atoms with van der Waals surface area (Å²) in [6, 6.07) is 0. The highest BCUT2D eigenvalue weighted by molar-refractivity contribution is 5.66. The lowest BCUT2D eigenvalue weighted by atomic mass is 10.2. The van der Waals surface area contributed by atoms with Crippen LogP contribution in [0.25, 0.3) is 0 Å². The number of carbonyl (C=O) groups excluding carboxylic acids is 1. The average Bonchev–Trinajstić information content (AvgIpc) is 1.81. The number of rotatable bonds is 2. The topological polar surface area (TPSA) is 38.3 Å². The highest BCUT2D eigenvalue weighted by Gasteiger charge is 2.17. The van der Waals surface area contributed by atoms with Gasteiger partial charge in [-0.15, -0.1) is 0 Å². The number of carbonyl (C=O) groups is 1. The van der Waals surface area contributed by atoms with Crippen molar-refractivity contribution in [3.05, 3.63) is 0 Å². The number of halogens is 1. The Labute approximate surface area is 59.6 Å². The predicted octanol–water partition coefficient (Wildman–Crippen LogP) is 1.09. The zero-order chi connectivity index (χ0) is 8.20. The van der Waals surface area contributed by atoms with E-state index < -0.39 is 11.8 Å². The molecular weight excluding hydrogens is 137 g/mol. The molecule has 0 radical (unpaired) electrons. The lowest BCUT2D eigenvalue weighted by molar-refractivity contribution is 0.0729. The van der Waals surface area contributed by atoms with Crippen molar-refractivity contribution in [1.29, 1.82) is 0 Å². The summed E-state index contributed by atoms with van der Waals surface area (Å²) >= 11 is 0. The second-order valence-electron chi connectivity index (χ2n) is 2.54. The third kappa shape index (κ3) is 5.34. The van der Waals surface area contributed by atoms with Crippen LogP contribution in [-0.4, -0.2) is 25.4 Å². The van der Waals surface area contributed by atoms with Crippen LogP contribution in [0.1, 0.15) is 13.8 Å². The molecule has 0 aromatic heterocycles. The Balaban J connectivity index is 3.46. The lowest BCUT2D eigenvalue weighted by Gasteiger charge is -2.13. The molecule has 0 aliphatic carbocycles. The Morgan fingerprint density at radius 3 is 2.50 bits per heavy atom. The molecule has 4 heteroatoms. The summed E-state index contributed by atoms with van der Waals surface area (Å²) in [6.45, 7) is 2.47. The second-order valence-corrected chi connectivity index (χ2v) is 2.54. The zero-order valence-corrected chi connectivity index (χ0v) is 6.40. The van der Waals surface area contributed by atoms with E-state index >= 15 is 0 Å². The van der Waals surface area contributed by atoms with Crippen LogP contribution < -0.4 is 5.32 Å². The minimum Gasteiger partial charge on any atom is -0.446 e. The molecule has 0 aliphatic heterocycles. The molecule has 1 N–H and O–H groups in total. The molecule has 0 aliphatic rings. The van der Waals surface area contributed by atoms with E-state index in [2.05, 4.69) is 10.1 Å². The third-order valence-electron chi connectivity index (χ3n) is 0.751. The molecule has 0 spiro atoms. The molecule has 10 heavy (non-hydrogen) atoms. The highest BCUT2D eigenvalue weighted by atomic mass is 19.1. The van der Waals surface area contributed by atoms with E-state index in [4.69, 9.17) is 0 Å². The summed E-state index contributed by atoms with van der Waals surface area (Å²) in [5.41, 5.74) is -1.45. The van der Waals surface area contributed by atoms with Gasteiger partial charge in [-0.05, 0) is 13.8 Å². The fraction of sp³-hybridized carbons (Fsp3) is 0.833. The summed E-state index contributed by atoms with van der Waals surface area (Å²) < 4.78 is 17.0. The minimum atomic E-state index is -1.45. The SMILES string of the molecule is CNC(=O)OCC(C)(C)F. The minimum absolute atomic E-state index is 0.216. The van der Waals surface area contributed by atoms with Gasteiger partial charge in [0.15, 0.2) is 0 Å². The van der Waals surface area contributed by atoms with E-state index in [-0.39, 0.29) is 6.61 Å². The lowest BCUT2D eigenvalue weighted by Crippen LogP contribution is -2.27. The molecule has 0 saturated heterocycles. The highest BCUT2D eigenvalue weighted by Crippen LogP contribution is 2.07. The first kappa shape index (κ1) is 9.20. The van der Waals surface area contributed by atoms with Gasteiger partial charge in [0.25, 0.3) is 0 Å². The summed E-state index contributed by atoms with van der Waals surface area (Å²) in [5.74, 6) is 0. The fourth-order valence-corrected chi connectivity index (χ4v) is 0.309. The Bertz CT molecular complexity index is 119. The number of hydrogen-bond acceptors (Lipinski definition) is 2. The van der Waals surface area contributed by atoms with Crippen molar-refractivity contribution in [2.45, 2.75) is 19.5 Å². The van der Waals surface area contributed by atoms with Crippen LogP contribution >= 0.6 is 0 Å². The van der Waals surface area contributed by atoms with Crippen molar-refractivity contribution in [3.8, 4) is 0 Å². The van der Waals surface area contributed by atoms with Crippen LogP contribution in [-0.2, 0) is 4.74 Å². The maximum absolute atomic E-state index is 12.6. The number of hydrogen-bond donors (Lipinski definition) is 1. The van der Waals surface area contributed by atoms with E-state index in [1.165, 1.54) is 20.9 Å². The molecule has 0 bridgehead atoms. The Kier molecular flexibility index (Phi) is 3.12. The van der Waals surface area contributed by atoms with Crippen molar-refractivity contribution in [1.82, 2.24) is 5.32 Å². The van der Waals surface area contributed by atoms with Crippen LogP contribution in [0.15, 0.2) is 0 Å². The van der Waals surface area contributed by atoms with E-state index in [9.17, 15) is 9.18 Å². The molecule has 0 atom stereocenters. The molecule has 0 aromatic carbocycles. The van der Waals surface area contributed by atoms with Crippen molar-refractivity contribution in [3.63, 3.8) is 0 Å². The molecule has 1 amide bonds. The number of nitrogens with one attached hydrogen (secondary N) is 1. The normalized spacial score (nSPS) is 10.8. The quantitative estimate of drug-likeness (QED) is 0.638. The number of alkyl carbamates (subject to hydrolysis) is 1. The van der Waals surface area contributed by atoms with Crippen molar-refractivity contribution in [2.75, 3.05) is 13.7 Å². The van der Waals surface area contributed by atoms with Crippen molar-refractivity contribution in [2.24, 2.45) is 0 Å². The molecule has 0 unspecified atom stereocenters. The maximum atomic E-state index is 12.6. The van der Waals surface area contributed by atoms with Gasteiger partial charge in [0, 0.05) is 7.05 Å². The van der Waals surface area contributed by atoms with Crippen LogP contribution in [0, 0.1) is 0 Å². The Hall–Kier alpha value is -0.800. The van der Waals surface area contributed by atoms with Crippen molar-refractivity contribution < 1.29 is 13.9 Å². The van der Waals surface area contributed by atoms with Gasteiger partial charge in [0.05, 0.1) is 0 Å². The Morgan fingerprint density at radius 2 is 2.20 bits per heavy atom. The summed E-state index contributed by atoms with van der Waals surface area (Å²) in [4.78, 5) is 10.4. The monoisotopic (exact) mass is 149 g/mol. The summed E-state index contributed by atoms with van der Waals surface area (Å²) in [7, 11) is 1.42. The molecular formula is C6H12FNO2. The van der Waals surface area contributed by atoms with Gasteiger partial charge in [-0.1, -0.05) is 0 Å². The van der Waals surface area contributed by atoms with Gasteiger partial charge in [0.1, 0.15) is 12.3 Å².